The van der Waals surface area contributed by atoms with Crippen molar-refractivity contribution in [2.75, 3.05) is 6.54 Å². The van der Waals surface area contributed by atoms with Gasteiger partial charge in [0.15, 0.2) is 5.43 Å². The molecule has 4 nitrogen and oxygen atoms in total. The summed E-state index contributed by atoms with van der Waals surface area (Å²) >= 11 is 0. The lowest BCUT2D eigenvalue weighted by molar-refractivity contribution is 0.0953. The predicted octanol–water partition coefficient (Wildman–Crippen LogP) is 6.95. The lowest BCUT2D eigenvalue weighted by Crippen LogP contribution is -2.24. The Bertz CT molecular complexity index is 1100. The molecule has 3 rings (SSSR count). The molecule has 4 heteroatoms. The normalized spacial score (nSPS) is 11.1. The smallest absolute Gasteiger partial charge is 0.251 e. The third kappa shape index (κ3) is 6.32. The molecule has 1 aromatic heterocycles. The van der Waals surface area contributed by atoms with Gasteiger partial charge < -0.3 is 9.73 Å². The van der Waals surface area contributed by atoms with E-state index in [0.29, 0.717) is 28.8 Å². The molecule has 1 N–H and O–H groups in total. The van der Waals surface area contributed by atoms with Gasteiger partial charge >= 0.3 is 0 Å². The van der Waals surface area contributed by atoms with Crippen LogP contribution in [0.3, 0.4) is 0 Å². The molecule has 0 radical (unpaired) electrons. The fraction of sp³-hybridized carbons (Fsp3) is 0.429. The average Bonchev–Trinajstić information content (AvgIpc) is 2.78. The third-order valence-corrected chi connectivity index (χ3v) is 5.91. The molecule has 0 fully saturated rings. The van der Waals surface area contributed by atoms with Gasteiger partial charge in [-0.2, -0.15) is 0 Å². The van der Waals surface area contributed by atoms with Crippen LogP contribution < -0.4 is 10.7 Å². The van der Waals surface area contributed by atoms with Crippen LogP contribution in [0.2, 0.25) is 0 Å². The van der Waals surface area contributed by atoms with Crippen molar-refractivity contribution in [3.63, 3.8) is 0 Å². The van der Waals surface area contributed by atoms with Crippen LogP contribution in [-0.2, 0) is 0 Å². The molecule has 0 unspecified atom stereocenters. The number of aryl methyl sites for hydroxylation is 2. The van der Waals surface area contributed by atoms with Crippen LogP contribution in [0.1, 0.15) is 79.8 Å². The zero-order valence-electron chi connectivity index (χ0n) is 19.6. The average molecular weight is 434 g/mol. The van der Waals surface area contributed by atoms with Crippen LogP contribution in [0.25, 0.3) is 22.3 Å². The summed E-state index contributed by atoms with van der Waals surface area (Å²) in [6.07, 6.45) is 9.98. The molecule has 0 atom stereocenters. The summed E-state index contributed by atoms with van der Waals surface area (Å²) in [5, 5.41) is 3.60. The Morgan fingerprint density at radius 1 is 0.875 bits per heavy atom. The molecule has 0 bridgehead atoms. The first kappa shape index (κ1) is 23.8. The van der Waals surface area contributed by atoms with Crippen molar-refractivity contribution in [2.45, 2.75) is 72.1 Å². The zero-order valence-corrected chi connectivity index (χ0v) is 19.6. The molecule has 1 amide bonds. The lowest BCUT2D eigenvalue weighted by Gasteiger charge is -2.08. The van der Waals surface area contributed by atoms with E-state index in [1.165, 1.54) is 44.6 Å². The molecule has 0 aliphatic rings. The number of fused-ring (bicyclic) bond motifs is 1. The van der Waals surface area contributed by atoms with Crippen LogP contribution in [0.4, 0.5) is 0 Å². The molecule has 0 saturated heterocycles. The number of nitrogens with one attached hydrogen (secondary N) is 1. The van der Waals surface area contributed by atoms with Gasteiger partial charge in [0.2, 0.25) is 0 Å². The molecular formula is C28H35NO3. The highest BCUT2D eigenvalue weighted by Gasteiger charge is 2.11. The van der Waals surface area contributed by atoms with Gasteiger partial charge in [0, 0.05) is 23.7 Å². The van der Waals surface area contributed by atoms with Gasteiger partial charge in [0.1, 0.15) is 11.3 Å². The van der Waals surface area contributed by atoms with Crippen molar-refractivity contribution in [1.82, 2.24) is 5.32 Å². The minimum absolute atomic E-state index is 0.0553. The fourth-order valence-electron chi connectivity index (χ4n) is 4.10. The minimum atomic E-state index is -0.0641. The van der Waals surface area contributed by atoms with E-state index in [4.69, 9.17) is 4.42 Å². The molecule has 0 aliphatic heterocycles. The van der Waals surface area contributed by atoms with E-state index < -0.39 is 0 Å². The third-order valence-electron chi connectivity index (χ3n) is 5.91. The molecular weight excluding hydrogens is 398 g/mol. The zero-order chi connectivity index (χ0) is 22.9. The molecule has 1 heterocycles. The summed E-state index contributed by atoms with van der Waals surface area (Å²) in [7, 11) is 0. The van der Waals surface area contributed by atoms with Crippen molar-refractivity contribution in [3.8, 4) is 11.3 Å². The maximum Gasteiger partial charge on any atom is 0.251 e. The van der Waals surface area contributed by atoms with Crippen LogP contribution in [0.5, 0.6) is 0 Å². The molecule has 170 valence electrons. The first-order valence-corrected chi connectivity index (χ1v) is 11.9. The molecule has 2 aromatic carbocycles. The van der Waals surface area contributed by atoms with Gasteiger partial charge in [0.05, 0.1) is 5.39 Å². The number of unbranched alkanes of at least 4 members (excludes halogenated alkanes) is 7. The summed E-state index contributed by atoms with van der Waals surface area (Å²) < 4.78 is 6.05. The second-order valence-electron chi connectivity index (χ2n) is 8.74. The first-order valence-electron chi connectivity index (χ1n) is 11.9. The molecule has 0 spiro atoms. The lowest BCUT2D eigenvalue weighted by atomic mass is 10.1. The number of benzene rings is 2. The van der Waals surface area contributed by atoms with E-state index in [2.05, 4.69) is 12.2 Å². The Kier molecular flexibility index (Phi) is 8.66. The Hall–Kier alpha value is -2.88. The maximum absolute atomic E-state index is 12.6. The number of carbonyl (C=O) groups is 1. The highest BCUT2D eigenvalue weighted by atomic mass is 16.3. The molecule has 3 aromatic rings. The van der Waals surface area contributed by atoms with E-state index in [9.17, 15) is 9.59 Å². The Balaban J connectivity index is 1.55. The summed E-state index contributed by atoms with van der Waals surface area (Å²) in [4.78, 5) is 25.0. The second kappa shape index (κ2) is 11.7. The SMILES string of the molecule is CCCCCCCCCCNC(=O)c1ccc(-c2cc(=O)c3cc(C)cc(C)c3o2)cc1. The molecule has 0 saturated carbocycles. The van der Waals surface area contributed by atoms with Crippen LogP contribution >= 0.6 is 0 Å². The Morgan fingerprint density at radius 2 is 1.53 bits per heavy atom. The molecule has 0 aliphatic carbocycles. The minimum Gasteiger partial charge on any atom is -0.456 e. The van der Waals surface area contributed by atoms with Gasteiger partial charge in [0.25, 0.3) is 5.91 Å². The summed E-state index contributed by atoms with van der Waals surface area (Å²) in [6.45, 7) is 6.85. The number of rotatable bonds is 11. The van der Waals surface area contributed by atoms with Crippen LogP contribution in [-0.4, -0.2) is 12.5 Å². The van der Waals surface area contributed by atoms with E-state index in [-0.39, 0.29) is 11.3 Å². The van der Waals surface area contributed by atoms with Crippen molar-refractivity contribution >= 4 is 16.9 Å². The number of hydrogen-bond donors (Lipinski definition) is 1. The van der Waals surface area contributed by atoms with Crippen LogP contribution in [0, 0.1) is 13.8 Å². The summed E-state index contributed by atoms with van der Waals surface area (Å²) in [5.74, 6) is 0.450. The molecule has 32 heavy (non-hydrogen) atoms. The largest absolute Gasteiger partial charge is 0.456 e. The highest BCUT2D eigenvalue weighted by molar-refractivity contribution is 5.94. The number of amides is 1. The Morgan fingerprint density at radius 3 is 2.22 bits per heavy atom. The highest BCUT2D eigenvalue weighted by Crippen LogP contribution is 2.25. The van der Waals surface area contributed by atoms with Gasteiger partial charge in [-0.25, -0.2) is 0 Å². The van der Waals surface area contributed by atoms with Gasteiger partial charge in [-0.1, -0.05) is 70.1 Å². The Labute approximate surface area is 191 Å². The van der Waals surface area contributed by atoms with Gasteiger partial charge in [-0.15, -0.1) is 0 Å². The summed E-state index contributed by atoms with van der Waals surface area (Å²) in [5.41, 5.74) is 3.94. The van der Waals surface area contributed by atoms with Gasteiger partial charge in [-0.3, -0.25) is 9.59 Å². The number of hydrogen-bond acceptors (Lipinski definition) is 3. The van der Waals surface area contributed by atoms with E-state index in [1.807, 2.05) is 38.1 Å². The van der Waals surface area contributed by atoms with Crippen molar-refractivity contribution in [2.24, 2.45) is 0 Å². The van der Waals surface area contributed by atoms with E-state index >= 15 is 0 Å². The quantitative estimate of drug-likeness (QED) is 0.333. The van der Waals surface area contributed by atoms with Crippen molar-refractivity contribution < 1.29 is 9.21 Å². The van der Waals surface area contributed by atoms with E-state index in [1.54, 1.807) is 12.1 Å². The van der Waals surface area contributed by atoms with Crippen molar-refractivity contribution in [1.29, 1.82) is 0 Å². The first-order chi connectivity index (χ1) is 15.5. The van der Waals surface area contributed by atoms with Gasteiger partial charge in [-0.05, 0) is 49.6 Å². The monoisotopic (exact) mass is 433 g/mol. The predicted molar refractivity (Wildman–Crippen MR) is 132 cm³/mol. The van der Waals surface area contributed by atoms with Crippen molar-refractivity contribution in [3.05, 3.63) is 69.4 Å². The number of carbonyl (C=O) groups excluding carboxylic acids is 1. The topological polar surface area (TPSA) is 59.3 Å². The fourth-order valence-corrected chi connectivity index (χ4v) is 4.10. The van der Waals surface area contributed by atoms with E-state index in [0.717, 1.165) is 29.5 Å². The standard InChI is InChI=1S/C28H35NO3/c1-4-5-6-7-8-9-10-11-16-29-28(31)23-14-12-22(13-15-23)26-19-25(30)24-18-20(2)17-21(3)27(24)32-26/h12-15,17-19H,4-11,16H2,1-3H3,(H,29,31). The summed E-state index contributed by atoms with van der Waals surface area (Å²) in [6, 6.07) is 12.6. The van der Waals surface area contributed by atoms with Crippen LogP contribution in [0.15, 0.2) is 51.7 Å². The second-order valence-corrected chi connectivity index (χ2v) is 8.74. The maximum atomic E-state index is 12.6.